The van der Waals surface area contributed by atoms with Crippen LogP contribution in [0.4, 0.5) is 0 Å². The molecule has 0 saturated carbocycles. The molecule has 156 valence electrons. The van der Waals surface area contributed by atoms with Crippen LogP contribution in [0.2, 0.25) is 0 Å². The van der Waals surface area contributed by atoms with Crippen LogP contribution in [0, 0.1) is 19.8 Å². The second kappa shape index (κ2) is 10.6. The molecule has 2 rings (SSSR count). The monoisotopic (exact) mass is 391 g/mol. The van der Waals surface area contributed by atoms with E-state index in [1.165, 1.54) is 18.2 Å². The van der Waals surface area contributed by atoms with Gasteiger partial charge in [0.2, 0.25) is 0 Å². The van der Waals surface area contributed by atoms with Gasteiger partial charge in [-0.3, -0.25) is 0 Å². The fourth-order valence-electron chi connectivity index (χ4n) is 3.05. The summed E-state index contributed by atoms with van der Waals surface area (Å²) < 4.78 is 15.8. The van der Waals surface area contributed by atoms with Gasteiger partial charge in [-0.15, -0.1) is 0 Å². The van der Waals surface area contributed by atoms with Crippen molar-refractivity contribution < 1.29 is 23.8 Å². The van der Waals surface area contributed by atoms with E-state index in [4.69, 9.17) is 19.0 Å². The first-order chi connectivity index (χ1) is 13.4. The van der Waals surface area contributed by atoms with E-state index in [0.717, 1.165) is 37.0 Å². The second-order valence-corrected chi connectivity index (χ2v) is 7.58. The number of carbonyl (C=O) groups excluding carboxylic acids is 1. The topological polar surface area (TPSA) is 66.4 Å². The maximum absolute atomic E-state index is 11.6. The molecule has 0 amide bonds. The first-order valence-electron chi connectivity index (χ1n) is 9.96. The average Bonchev–Trinajstić information content (AvgIpc) is 2.69. The van der Waals surface area contributed by atoms with Gasteiger partial charge >= 0.3 is 5.97 Å². The lowest BCUT2D eigenvalue weighted by Crippen LogP contribution is -2.48. The molecule has 6 nitrogen and oxygen atoms in total. The van der Waals surface area contributed by atoms with Crippen LogP contribution in [0.15, 0.2) is 23.4 Å². The Balaban J connectivity index is 1.59. The lowest BCUT2D eigenvalue weighted by molar-refractivity contribution is -0.272. The Hall–Kier alpha value is -1.92. The molecule has 1 aliphatic heterocycles. The third kappa shape index (κ3) is 6.31. The molecule has 0 N–H and O–H groups in total. The van der Waals surface area contributed by atoms with E-state index in [0.29, 0.717) is 25.7 Å². The van der Waals surface area contributed by atoms with Crippen LogP contribution in [0.25, 0.3) is 0 Å². The molecule has 0 atom stereocenters. The number of oxime groups is 1. The van der Waals surface area contributed by atoms with E-state index >= 15 is 0 Å². The van der Waals surface area contributed by atoms with E-state index in [1.54, 1.807) is 6.92 Å². The highest BCUT2D eigenvalue weighted by molar-refractivity contribution is 5.98. The Kier molecular flexibility index (Phi) is 8.45. The van der Waals surface area contributed by atoms with Crippen molar-refractivity contribution in [3.8, 4) is 0 Å². The number of carbonyl (C=O) groups is 1. The summed E-state index contributed by atoms with van der Waals surface area (Å²) in [7, 11) is 1.34. The number of methoxy groups -OCH3 is 1. The third-order valence-corrected chi connectivity index (χ3v) is 5.22. The van der Waals surface area contributed by atoms with Crippen molar-refractivity contribution in [2.24, 2.45) is 11.1 Å². The van der Waals surface area contributed by atoms with Crippen molar-refractivity contribution in [3.05, 3.63) is 34.9 Å². The summed E-state index contributed by atoms with van der Waals surface area (Å²) in [4.78, 5) is 17.1. The molecule has 1 aromatic carbocycles. The largest absolute Gasteiger partial charge is 0.465 e. The Bertz CT molecular complexity index is 678. The maximum Gasteiger partial charge on any atom is 0.366 e. The summed E-state index contributed by atoms with van der Waals surface area (Å²) in [6, 6.07) is 6.32. The molecule has 1 aliphatic rings. The van der Waals surface area contributed by atoms with Gasteiger partial charge in [-0.1, -0.05) is 23.7 Å². The van der Waals surface area contributed by atoms with E-state index in [-0.39, 0.29) is 0 Å². The van der Waals surface area contributed by atoms with Crippen molar-refractivity contribution in [1.29, 1.82) is 0 Å². The fourth-order valence-corrected chi connectivity index (χ4v) is 3.05. The molecule has 0 aliphatic carbocycles. The summed E-state index contributed by atoms with van der Waals surface area (Å²) in [6.07, 6.45) is 4.08. The number of unbranched alkanes of at least 4 members (excludes halogenated alkanes) is 2. The van der Waals surface area contributed by atoms with Crippen LogP contribution in [-0.2, 0) is 23.8 Å². The van der Waals surface area contributed by atoms with Crippen molar-refractivity contribution >= 4 is 11.7 Å². The quantitative estimate of drug-likeness (QED) is 0.274. The summed E-state index contributed by atoms with van der Waals surface area (Å²) in [6.45, 7) is 9.42. The summed E-state index contributed by atoms with van der Waals surface area (Å²) >= 11 is 0. The Morgan fingerprint density at radius 2 is 1.89 bits per heavy atom. The predicted molar refractivity (Wildman–Crippen MR) is 108 cm³/mol. The molecule has 0 radical (unpaired) electrons. The lowest BCUT2D eigenvalue weighted by Gasteiger charge is -2.35. The number of hydrogen-bond donors (Lipinski definition) is 0. The molecular formula is C22H33NO5. The van der Waals surface area contributed by atoms with Crippen LogP contribution >= 0.6 is 0 Å². The van der Waals surface area contributed by atoms with Crippen LogP contribution in [0.1, 0.15) is 56.2 Å². The highest BCUT2D eigenvalue weighted by Crippen LogP contribution is 2.25. The third-order valence-electron chi connectivity index (χ3n) is 5.22. The molecule has 0 spiro atoms. The zero-order chi connectivity index (χ0) is 20.6. The van der Waals surface area contributed by atoms with E-state index in [9.17, 15) is 4.79 Å². The molecule has 0 bridgehead atoms. The number of nitrogens with zero attached hydrogens (tertiary/aromatic N) is 1. The highest BCUT2D eigenvalue weighted by atomic mass is 16.7. The van der Waals surface area contributed by atoms with Crippen molar-refractivity contribution in [1.82, 2.24) is 0 Å². The Morgan fingerprint density at radius 3 is 2.54 bits per heavy atom. The molecule has 1 heterocycles. The Labute approximate surface area is 168 Å². The molecular weight excluding hydrogens is 358 g/mol. The molecule has 0 unspecified atom stereocenters. The molecule has 6 heteroatoms. The number of hydrogen-bond acceptors (Lipinski definition) is 6. The van der Waals surface area contributed by atoms with Gasteiger partial charge in [-0.05, 0) is 62.8 Å². The number of rotatable bonds is 9. The van der Waals surface area contributed by atoms with E-state index in [1.807, 2.05) is 6.92 Å². The number of benzene rings is 1. The minimum Gasteiger partial charge on any atom is -0.465 e. The zero-order valence-corrected chi connectivity index (χ0v) is 17.7. The maximum atomic E-state index is 11.6. The lowest BCUT2D eigenvalue weighted by atomic mass is 10.0. The zero-order valence-electron chi connectivity index (χ0n) is 17.7. The SMILES string of the molecule is COC(=O)C1(C)OCC(CCCCCO/N=C(/C)c2ccc(C)c(C)c2)CO1. The molecule has 1 aromatic rings. The fraction of sp³-hybridized carbons (Fsp3) is 0.636. The average molecular weight is 392 g/mol. The molecule has 1 saturated heterocycles. The van der Waals surface area contributed by atoms with Gasteiger partial charge in [0.05, 0.1) is 26.0 Å². The van der Waals surface area contributed by atoms with Crippen molar-refractivity contribution in [2.45, 2.75) is 59.2 Å². The smallest absolute Gasteiger partial charge is 0.366 e. The van der Waals surface area contributed by atoms with Crippen molar-refractivity contribution in [2.75, 3.05) is 26.9 Å². The van der Waals surface area contributed by atoms with E-state index in [2.05, 4.69) is 37.2 Å². The van der Waals surface area contributed by atoms with E-state index < -0.39 is 11.8 Å². The summed E-state index contributed by atoms with van der Waals surface area (Å²) in [5.41, 5.74) is 4.53. The van der Waals surface area contributed by atoms with Crippen LogP contribution in [-0.4, -0.2) is 44.4 Å². The van der Waals surface area contributed by atoms with Crippen LogP contribution in [0.5, 0.6) is 0 Å². The Morgan fingerprint density at radius 1 is 1.18 bits per heavy atom. The van der Waals surface area contributed by atoms with Gasteiger partial charge in [0, 0.05) is 12.8 Å². The van der Waals surface area contributed by atoms with Crippen LogP contribution in [0.3, 0.4) is 0 Å². The minimum absolute atomic E-state index is 0.309. The standard InChI is InChI=1S/C22H33NO5/c1-16-10-11-20(13-17(16)2)18(3)23-28-12-8-6-7-9-19-14-26-22(4,27-15-19)21(24)25-5/h10-11,13,19H,6-9,12,14-15H2,1-5H3/b23-18-. The molecule has 28 heavy (non-hydrogen) atoms. The van der Waals surface area contributed by atoms with Gasteiger partial charge in [0.25, 0.3) is 5.79 Å². The van der Waals surface area contributed by atoms with Gasteiger partial charge in [0.1, 0.15) is 6.61 Å². The number of ether oxygens (including phenoxy) is 3. The predicted octanol–water partition coefficient (Wildman–Crippen LogP) is 4.16. The molecule has 0 aromatic heterocycles. The number of esters is 1. The number of aryl methyl sites for hydroxylation is 2. The summed E-state index contributed by atoms with van der Waals surface area (Å²) in [5, 5.41) is 4.23. The highest BCUT2D eigenvalue weighted by Gasteiger charge is 2.41. The minimum atomic E-state index is -1.26. The van der Waals surface area contributed by atoms with Gasteiger partial charge in [-0.2, -0.15) is 0 Å². The van der Waals surface area contributed by atoms with Crippen molar-refractivity contribution in [3.63, 3.8) is 0 Å². The van der Waals surface area contributed by atoms with Gasteiger partial charge < -0.3 is 19.0 Å². The van der Waals surface area contributed by atoms with Gasteiger partial charge in [-0.25, -0.2) is 4.79 Å². The van der Waals surface area contributed by atoms with Crippen LogP contribution < -0.4 is 0 Å². The summed E-state index contributed by atoms with van der Waals surface area (Å²) in [5.74, 6) is -1.44. The first-order valence-corrected chi connectivity index (χ1v) is 9.96. The second-order valence-electron chi connectivity index (χ2n) is 7.58. The van der Waals surface area contributed by atoms with Gasteiger partial charge in [0.15, 0.2) is 0 Å². The normalized spacial score (nSPS) is 22.8. The molecule has 1 fully saturated rings. The first kappa shape index (κ1) is 22.4.